The predicted octanol–water partition coefficient (Wildman–Crippen LogP) is 1.99. The lowest BCUT2D eigenvalue weighted by atomic mass is 10.1. The number of methoxy groups -OCH3 is 1. The third-order valence-electron chi connectivity index (χ3n) is 4.48. The summed E-state index contributed by atoms with van der Waals surface area (Å²) in [4.78, 5) is 14.6. The smallest absolute Gasteiger partial charge is 0.264 e. The molecule has 1 heterocycles. The van der Waals surface area contributed by atoms with Crippen LogP contribution in [-0.4, -0.2) is 59.7 Å². The van der Waals surface area contributed by atoms with Crippen molar-refractivity contribution in [3.63, 3.8) is 0 Å². The Bertz CT molecular complexity index is 909. The van der Waals surface area contributed by atoms with Crippen LogP contribution in [0.15, 0.2) is 53.4 Å². The average molecular weight is 390 g/mol. The molecule has 144 valence electrons. The number of sulfonamides is 1. The van der Waals surface area contributed by atoms with Crippen molar-refractivity contribution in [3.8, 4) is 5.75 Å². The molecule has 0 saturated carbocycles. The van der Waals surface area contributed by atoms with Crippen LogP contribution in [0.25, 0.3) is 0 Å². The number of hydrogen-bond acceptors (Lipinski definition) is 5. The molecule has 27 heavy (non-hydrogen) atoms. The Labute approximate surface area is 159 Å². The molecule has 0 aliphatic carbocycles. The summed E-state index contributed by atoms with van der Waals surface area (Å²) in [5.74, 6) is 0.0716. The summed E-state index contributed by atoms with van der Waals surface area (Å²) >= 11 is 0. The van der Waals surface area contributed by atoms with E-state index in [2.05, 4.69) is 0 Å². The highest BCUT2D eigenvalue weighted by Crippen LogP contribution is 2.27. The lowest BCUT2D eigenvalue weighted by molar-refractivity contribution is 0.0300. The summed E-state index contributed by atoms with van der Waals surface area (Å²) in [7, 11) is -0.883. The van der Waals surface area contributed by atoms with Crippen molar-refractivity contribution in [3.05, 3.63) is 54.1 Å². The Morgan fingerprint density at radius 1 is 1.11 bits per heavy atom. The zero-order chi connectivity index (χ0) is 19.4. The van der Waals surface area contributed by atoms with Crippen molar-refractivity contribution in [2.45, 2.75) is 4.90 Å². The van der Waals surface area contributed by atoms with Crippen LogP contribution in [-0.2, 0) is 14.8 Å². The second-order valence-electron chi connectivity index (χ2n) is 6.07. The minimum atomic E-state index is -3.82. The van der Waals surface area contributed by atoms with Crippen LogP contribution in [0.1, 0.15) is 10.4 Å². The maximum Gasteiger partial charge on any atom is 0.264 e. The third-order valence-corrected chi connectivity index (χ3v) is 6.26. The fourth-order valence-corrected chi connectivity index (χ4v) is 4.11. The molecule has 0 aromatic heterocycles. The van der Waals surface area contributed by atoms with Gasteiger partial charge in [0.15, 0.2) is 0 Å². The van der Waals surface area contributed by atoms with Gasteiger partial charge in [-0.3, -0.25) is 9.10 Å². The molecular formula is C19H22N2O5S. The number of rotatable bonds is 5. The van der Waals surface area contributed by atoms with Crippen LogP contribution in [0.5, 0.6) is 5.75 Å². The average Bonchev–Trinajstić information content (AvgIpc) is 2.73. The highest BCUT2D eigenvalue weighted by molar-refractivity contribution is 7.92. The standard InChI is InChI=1S/C19H22N2O5S/c1-20(15-6-4-3-5-7-15)27(23,24)16-8-9-18(25-2)17(14-16)19(22)21-10-12-26-13-11-21/h3-9,14H,10-13H2,1-2H3. The third kappa shape index (κ3) is 3.91. The molecule has 7 nitrogen and oxygen atoms in total. The number of anilines is 1. The first-order chi connectivity index (χ1) is 12.9. The Morgan fingerprint density at radius 2 is 1.78 bits per heavy atom. The fourth-order valence-electron chi connectivity index (χ4n) is 2.89. The fraction of sp³-hybridized carbons (Fsp3) is 0.316. The van der Waals surface area contributed by atoms with Gasteiger partial charge in [-0.15, -0.1) is 0 Å². The molecular weight excluding hydrogens is 368 g/mol. The number of hydrogen-bond donors (Lipinski definition) is 0. The molecule has 1 amide bonds. The normalized spacial score (nSPS) is 14.7. The number of carbonyl (C=O) groups is 1. The van der Waals surface area contributed by atoms with E-state index in [1.54, 1.807) is 29.2 Å². The van der Waals surface area contributed by atoms with E-state index in [9.17, 15) is 13.2 Å². The van der Waals surface area contributed by atoms with Crippen molar-refractivity contribution in [2.75, 3.05) is 44.8 Å². The predicted molar refractivity (Wildman–Crippen MR) is 102 cm³/mol. The molecule has 1 aliphatic rings. The second kappa shape index (κ2) is 7.98. The number of carbonyl (C=O) groups excluding carboxylic acids is 1. The summed E-state index contributed by atoms with van der Waals surface area (Å²) in [6.45, 7) is 1.84. The first kappa shape index (κ1) is 19.2. The van der Waals surface area contributed by atoms with Gasteiger partial charge in [-0.2, -0.15) is 0 Å². The van der Waals surface area contributed by atoms with Crippen LogP contribution in [0.2, 0.25) is 0 Å². The molecule has 0 atom stereocenters. The topological polar surface area (TPSA) is 76.2 Å². The number of amides is 1. The number of para-hydroxylation sites is 1. The Morgan fingerprint density at radius 3 is 2.41 bits per heavy atom. The van der Waals surface area contributed by atoms with Gasteiger partial charge >= 0.3 is 0 Å². The van der Waals surface area contributed by atoms with Crippen molar-refractivity contribution >= 4 is 21.6 Å². The summed E-state index contributed by atoms with van der Waals surface area (Å²) in [6, 6.07) is 13.1. The Kier molecular flexibility index (Phi) is 5.67. The van der Waals surface area contributed by atoms with E-state index in [0.717, 1.165) is 0 Å². The number of ether oxygens (including phenoxy) is 2. The minimum Gasteiger partial charge on any atom is -0.496 e. The van der Waals surface area contributed by atoms with Crippen LogP contribution >= 0.6 is 0 Å². The van der Waals surface area contributed by atoms with Gasteiger partial charge in [-0.05, 0) is 30.3 Å². The second-order valence-corrected chi connectivity index (χ2v) is 8.04. The van der Waals surface area contributed by atoms with E-state index in [1.807, 2.05) is 6.07 Å². The van der Waals surface area contributed by atoms with Gasteiger partial charge in [0.05, 0.1) is 36.5 Å². The monoisotopic (exact) mass is 390 g/mol. The summed E-state index contributed by atoms with van der Waals surface area (Å²) in [6.07, 6.45) is 0. The molecule has 3 rings (SSSR count). The van der Waals surface area contributed by atoms with E-state index in [1.165, 1.54) is 36.7 Å². The molecule has 1 saturated heterocycles. The zero-order valence-corrected chi connectivity index (χ0v) is 16.1. The largest absolute Gasteiger partial charge is 0.496 e. The van der Waals surface area contributed by atoms with Crippen molar-refractivity contribution in [2.24, 2.45) is 0 Å². The number of morpholine rings is 1. The van der Waals surface area contributed by atoms with E-state index in [-0.39, 0.29) is 16.4 Å². The molecule has 8 heteroatoms. The minimum absolute atomic E-state index is 0.0336. The van der Waals surface area contributed by atoms with E-state index < -0.39 is 10.0 Å². The van der Waals surface area contributed by atoms with Crippen molar-refractivity contribution in [1.82, 2.24) is 4.90 Å². The number of nitrogens with zero attached hydrogens (tertiary/aromatic N) is 2. The SMILES string of the molecule is COc1ccc(S(=O)(=O)N(C)c2ccccc2)cc1C(=O)N1CCOCC1. The Hall–Kier alpha value is -2.58. The van der Waals surface area contributed by atoms with Crippen LogP contribution < -0.4 is 9.04 Å². The molecule has 1 fully saturated rings. The van der Waals surface area contributed by atoms with E-state index in [4.69, 9.17) is 9.47 Å². The van der Waals surface area contributed by atoms with Gasteiger partial charge in [0, 0.05) is 20.1 Å². The zero-order valence-electron chi connectivity index (χ0n) is 15.3. The van der Waals surface area contributed by atoms with Crippen LogP contribution in [0.3, 0.4) is 0 Å². The van der Waals surface area contributed by atoms with Gasteiger partial charge in [0.2, 0.25) is 0 Å². The first-order valence-corrected chi connectivity index (χ1v) is 9.98. The molecule has 0 radical (unpaired) electrons. The van der Waals surface area contributed by atoms with Gasteiger partial charge in [-0.1, -0.05) is 18.2 Å². The molecule has 0 N–H and O–H groups in total. The molecule has 2 aromatic carbocycles. The van der Waals surface area contributed by atoms with Crippen LogP contribution in [0, 0.1) is 0 Å². The molecule has 2 aromatic rings. The van der Waals surface area contributed by atoms with Crippen LogP contribution in [0.4, 0.5) is 5.69 Å². The lowest BCUT2D eigenvalue weighted by Crippen LogP contribution is -2.40. The summed E-state index contributed by atoms with van der Waals surface area (Å²) in [5.41, 5.74) is 0.760. The number of benzene rings is 2. The molecule has 0 spiro atoms. The molecule has 0 bridgehead atoms. The molecule has 0 unspecified atom stereocenters. The summed E-state index contributed by atoms with van der Waals surface area (Å²) < 4.78 is 37.8. The van der Waals surface area contributed by atoms with Crippen molar-refractivity contribution < 1.29 is 22.7 Å². The van der Waals surface area contributed by atoms with Gasteiger partial charge in [0.1, 0.15) is 5.75 Å². The highest BCUT2D eigenvalue weighted by atomic mass is 32.2. The van der Waals surface area contributed by atoms with Gasteiger partial charge in [-0.25, -0.2) is 8.42 Å². The van der Waals surface area contributed by atoms with E-state index in [0.29, 0.717) is 37.7 Å². The maximum atomic E-state index is 13.0. The highest BCUT2D eigenvalue weighted by Gasteiger charge is 2.27. The van der Waals surface area contributed by atoms with Gasteiger partial charge in [0.25, 0.3) is 15.9 Å². The summed E-state index contributed by atoms with van der Waals surface area (Å²) in [5, 5.41) is 0. The van der Waals surface area contributed by atoms with E-state index >= 15 is 0 Å². The van der Waals surface area contributed by atoms with Gasteiger partial charge < -0.3 is 14.4 Å². The lowest BCUT2D eigenvalue weighted by Gasteiger charge is -2.27. The van der Waals surface area contributed by atoms with Crippen molar-refractivity contribution in [1.29, 1.82) is 0 Å². The Balaban J connectivity index is 1.98. The quantitative estimate of drug-likeness (QED) is 0.780. The first-order valence-electron chi connectivity index (χ1n) is 8.54. The maximum absolute atomic E-state index is 13.0. The molecule has 1 aliphatic heterocycles.